The van der Waals surface area contributed by atoms with Gasteiger partial charge in [-0.3, -0.25) is 9.59 Å². The highest BCUT2D eigenvalue weighted by atomic mass is 32.2. The van der Waals surface area contributed by atoms with Crippen molar-refractivity contribution < 1.29 is 14.3 Å². The second-order valence-corrected chi connectivity index (χ2v) is 9.06. The molecule has 3 aromatic rings. The van der Waals surface area contributed by atoms with Crippen LogP contribution >= 0.6 is 23.1 Å². The number of amides is 1. The molecule has 0 atom stereocenters. The summed E-state index contributed by atoms with van der Waals surface area (Å²) in [5, 5.41) is 7.08. The Labute approximate surface area is 183 Å². The van der Waals surface area contributed by atoms with Crippen molar-refractivity contribution in [2.75, 3.05) is 17.7 Å². The Kier molecular flexibility index (Phi) is 6.34. The second kappa shape index (κ2) is 9.14. The SMILES string of the molecule is CCOC(=O)Cc1csc(NC(=O)CSc2nc3cc4c(cc3cc2C)CCC4)n1. The first kappa shape index (κ1) is 20.8. The van der Waals surface area contributed by atoms with Gasteiger partial charge in [0.05, 0.1) is 30.0 Å². The largest absolute Gasteiger partial charge is 0.466 e. The molecule has 1 aliphatic carbocycles. The number of thioether (sulfide) groups is 1. The van der Waals surface area contributed by atoms with Crippen LogP contribution in [0.1, 0.15) is 35.7 Å². The van der Waals surface area contributed by atoms with Crippen molar-refractivity contribution in [3.63, 3.8) is 0 Å². The van der Waals surface area contributed by atoms with Crippen LogP contribution in [0.5, 0.6) is 0 Å². The van der Waals surface area contributed by atoms with Gasteiger partial charge in [0.25, 0.3) is 0 Å². The van der Waals surface area contributed by atoms with Crippen LogP contribution in [-0.2, 0) is 33.6 Å². The molecule has 1 amide bonds. The summed E-state index contributed by atoms with van der Waals surface area (Å²) >= 11 is 2.73. The lowest BCUT2D eigenvalue weighted by Crippen LogP contribution is -2.14. The van der Waals surface area contributed by atoms with E-state index < -0.39 is 0 Å². The fraction of sp³-hybridized carbons (Fsp3) is 0.364. The predicted octanol–water partition coefficient (Wildman–Crippen LogP) is 4.32. The average Bonchev–Trinajstić information content (AvgIpc) is 3.33. The zero-order valence-electron chi connectivity index (χ0n) is 17.0. The number of nitrogens with one attached hydrogen (secondary N) is 1. The lowest BCUT2D eigenvalue weighted by molar-refractivity contribution is -0.142. The van der Waals surface area contributed by atoms with E-state index in [4.69, 9.17) is 9.72 Å². The quantitative estimate of drug-likeness (QED) is 0.434. The minimum atomic E-state index is -0.320. The third-order valence-corrected chi connectivity index (χ3v) is 6.84. The molecule has 0 fully saturated rings. The van der Waals surface area contributed by atoms with E-state index in [0.717, 1.165) is 28.9 Å². The van der Waals surface area contributed by atoms with E-state index in [1.807, 2.05) is 6.92 Å². The normalized spacial score (nSPS) is 12.7. The maximum Gasteiger partial charge on any atom is 0.311 e. The number of esters is 1. The molecule has 4 rings (SSSR count). The molecular formula is C22H23N3O3S2. The van der Waals surface area contributed by atoms with Crippen LogP contribution in [-0.4, -0.2) is 34.2 Å². The predicted molar refractivity (Wildman–Crippen MR) is 120 cm³/mol. The fourth-order valence-electron chi connectivity index (χ4n) is 3.58. The Hall–Kier alpha value is -2.45. The van der Waals surface area contributed by atoms with Gasteiger partial charge in [-0.05, 0) is 68.0 Å². The van der Waals surface area contributed by atoms with Gasteiger partial charge in [0, 0.05) is 10.8 Å². The van der Waals surface area contributed by atoms with Crippen molar-refractivity contribution in [1.82, 2.24) is 9.97 Å². The number of thiazole rings is 1. The van der Waals surface area contributed by atoms with Crippen molar-refractivity contribution >= 4 is 51.0 Å². The molecule has 0 unspecified atom stereocenters. The topological polar surface area (TPSA) is 81.2 Å². The van der Waals surface area contributed by atoms with Gasteiger partial charge >= 0.3 is 5.97 Å². The van der Waals surface area contributed by atoms with Gasteiger partial charge in [-0.2, -0.15) is 0 Å². The number of rotatable bonds is 7. The lowest BCUT2D eigenvalue weighted by atomic mass is 10.1. The molecular weight excluding hydrogens is 418 g/mol. The number of aromatic nitrogens is 2. The molecule has 0 bridgehead atoms. The number of ether oxygens (including phenoxy) is 1. The third-order valence-electron chi connectivity index (χ3n) is 4.94. The molecule has 2 aromatic heterocycles. The Balaban J connectivity index is 1.37. The number of anilines is 1. The smallest absolute Gasteiger partial charge is 0.311 e. The van der Waals surface area contributed by atoms with Crippen LogP contribution in [0.4, 0.5) is 5.13 Å². The van der Waals surface area contributed by atoms with Crippen LogP contribution < -0.4 is 5.32 Å². The van der Waals surface area contributed by atoms with Crippen molar-refractivity contribution in [2.45, 2.75) is 44.6 Å². The van der Waals surface area contributed by atoms with Gasteiger partial charge in [0.1, 0.15) is 5.03 Å². The molecule has 0 spiro atoms. The standard InChI is InChI=1S/C22H23N3O3S2/c1-3-28-20(27)10-17-11-30-22(23-17)25-19(26)12-29-21-13(2)7-16-8-14-5-4-6-15(14)9-18(16)24-21/h7-9,11H,3-6,10,12H2,1-2H3,(H,23,25,26). The second-order valence-electron chi connectivity index (χ2n) is 7.24. The van der Waals surface area contributed by atoms with E-state index in [0.29, 0.717) is 17.4 Å². The van der Waals surface area contributed by atoms with Crippen LogP contribution in [0, 0.1) is 6.92 Å². The Bertz CT molecular complexity index is 1110. The highest BCUT2D eigenvalue weighted by molar-refractivity contribution is 8.00. The van der Waals surface area contributed by atoms with Gasteiger partial charge in [-0.15, -0.1) is 11.3 Å². The highest BCUT2D eigenvalue weighted by Gasteiger charge is 2.15. The lowest BCUT2D eigenvalue weighted by Gasteiger charge is -2.09. The molecule has 0 aliphatic heterocycles. The van der Waals surface area contributed by atoms with Crippen LogP contribution in [0.15, 0.2) is 28.6 Å². The number of hydrogen-bond acceptors (Lipinski definition) is 7. The van der Waals surface area contributed by atoms with E-state index >= 15 is 0 Å². The summed E-state index contributed by atoms with van der Waals surface area (Å²) in [5.41, 5.74) is 5.50. The number of fused-ring (bicyclic) bond motifs is 2. The Morgan fingerprint density at radius 2 is 2.00 bits per heavy atom. The molecule has 1 aromatic carbocycles. The van der Waals surface area contributed by atoms with Gasteiger partial charge in [-0.25, -0.2) is 9.97 Å². The maximum atomic E-state index is 12.4. The number of pyridine rings is 1. The molecule has 0 radical (unpaired) electrons. The van der Waals surface area contributed by atoms with Crippen LogP contribution in [0.25, 0.3) is 10.9 Å². The first-order valence-electron chi connectivity index (χ1n) is 9.97. The summed E-state index contributed by atoms with van der Waals surface area (Å²) in [4.78, 5) is 33.0. The highest BCUT2D eigenvalue weighted by Crippen LogP contribution is 2.30. The summed E-state index contributed by atoms with van der Waals surface area (Å²) in [6, 6.07) is 6.61. The molecule has 0 saturated heterocycles. The maximum absolute atomic E-state index is 12.4. The number of hydrogen-bond donors (Lipinski definition) is 1. The van der Waals surface area contributed by atoms with Crippen molar-refractivity contribution in [3.8, 4) is 0 Å². The number of carbonyl (C=O) groups is 2. The van der Waals surface area contributed by atoms with Crippen LogP contribution in [0.2, 0.25) is 0 Å². The summed E-state index contributed by atoms with van der Waals surface area (Å²) < 4.78 is 4.92. The summed E-state index contributed by atoms with van der Waals surface area (Å²) in [7, 11) is 0. The number of nitrogens with zero attached hydrogens (tertiary/aromatic N) is 2. The van der Waals surface area contributed by atoms with Crippen molar-refractivity contribution in [2.24, 2.45) is 0 Å². The first-order valence-corrected chi connectivity index (χ1v) is 11.8. The van der Waals surface area contributed by atoms with Gasteiger partial charge < -0.3 is 10.1 Å². The van der Waals surface area contributed by atoms with E-state index in [2.05, 4.69) is 28.5 Å². The summed E-state index contributed by atoms with van der Waals surface area (Å²) in [6.07, 6.45) is 3.60. The fourth-order valence-corrected chi connectivity index (χ4v) is 5.09. The monoisotopic (exact) mass is 441 g/mol. The third kappa shape index (κ3) is 4.82. The molecule has 8 heteroatoms. The molecule has 0 saturated carbocycles. The first-order chi connectivity index (χ1) is 14.5. The molecule has 30 heavy (non-hydrogen) atoms. The Morgan fingerprint density at radius 1 is 1.20 bits per heavy atom. The van der Waals surface area contributed by atoms with E-state index in [1.165, 1.54) is 46.0 Å². The molecule has 1 aliphatic rings. The molecule has 6 nitrogen and oxygen atoms in total. The summed E-state index contributed by atoms with van der Waals surface area (Å²) in [5.74, 6) is -0.219. The van der Waals surface area contributed by atoms with Crippen molar-refractivity contribution in [1.29, 1.82) is 0 Å². The van der Waals surface area contributed by atoms with Crippen molar-refractivity contribution in [3.05, 3.63) is 46.0 Å². The van der Waals surface area contributed by atoms with E-state index in [9.17, 15) is 9.59 Å². The zero-order chi connectivity index (χ0) is 21.1. The minimum absolute atomic E-state index is 0.110. The zero-order valence-corrected chi connectivity index (χ0v) is 18.6. The van der Waals surface area contributed by atoms with E-state index in [-0.39, 0.29) is 24.1 Å². The minimum Gasteiger partial charge on any atom is -0.466 e. The van der Waals surface area contributed by atoms with Gasteiger partial charge in [0.15, 0.2) is 5.13 Å². The average molecular weight is 442 g/mol. The Morgan fingerprint density at radius 3 is 2.80 bits per heavy atom. The number of carbonyl (C=O) groups excluding carboxylic acids is 2. The van der Waals surface area contributed by atoms with Gasteiger partial charge in [0.2, 0.25) is 5.91 Å². The van der Waals surface area contributed by atoms with Crippen LogP contribution in [0.3, 0.4) is 0 Å². The molecule has 156 valence electrons. The molecule has 1 N–H and O–H groups in total. The molecule has 2 heterocycles. The summed E-state index contributed by atoms with van der Waals surface area (Å²) in [6.45, 7) is 4.14. The van der Waals surface area contributed by atoms with Gasteiger partial charge in [-0.1, -0.05) is 11.8 Å². The van der Waals surface area contributed by atoms with E-state index in [1.54, 1.807) is 12.3 Å². The number of aryl methyl sites for hydroxylation is 3. The number of benzene rings is 1.